The molecule has 1 heterocycles. The van der Waals surface area contributed by atoms with Gasteiger partial charge in [0.15, 0.2) is 0 Å². The Hall–Kier alpha value is -1.09. The molecule has 1 N–H and O–H groups in total. The molecule has 0 bridgehead atoms. The summed E-state index contributed by atoms with van der Waals surface area (Å²) < 4.78 is 13.1. The summed E-state index contributed by atoms with van der Waals surface area (Å²) in [4.78, 5) is 2.39. The second-order valence-corrected chi connectivity index (χ2v) is 6.02. The smallest absolute Gasteiger partial charge is 0.123 e. The van der Waals surface area contributed by atoms with Gasteiger partial charge in [-0.25, -0.2) is 4.39 Å². The minimum absolute atomic E-state index is 0.160. The van der Waals surface area contributed by atoms with Gasteiger partial charge in [0, 0.05) is 30.7 Å². The summed E-state index contributed by atoms with van der Waals surface area (Å²) in [6.07, 6.45) is 5.05. The van der Waals surface area contributed by atoms with Crippen LogP contribution in [0.1, 0.15) is 39.5 Å². The van der Waals surface area contributed by atoms with Gasteiger partial charge in [-0.05, 0) is 57.0 Å². The van der Waals surface area contributed by atoms with Crippen LogP contribution in [0.4, 0.5) is 10.1 Å². The number of anilines is 1. The average Bonchev–Trinajstić information content (AvgIpc) is 2.47. The van der Waals surface area contributed by atoms with E-state index in [1.165, 1.54) is 25.7 Å². The lowest BCUT2D eigenvalue weighted by molar-refractivity contribution is 0.195. The number of benzene rings is 1. The first-order valence-corrected chi connectivity index (χ1v) is 7.90. The van der Waals surface area contributed by atoms with Crippen molar-refractivity contribution in [2.75, 3.05) is 31.1 Å². The van der Waals surface area contributed by atoms with Gasteiger partial charge in [-0.2, -0.15) is 0 Å². The molecule has 1 saturated heterocycles. The van der Waals surface area contributed by atoms with Crippen LogP contribution in [0.3, 0.4) is 0 Å². The summed E-state index contributed by atoms with van der Waals surface area (Å²) in [7, 11) is 0. The van der Waals surface area contributed by atoms with Gasteiger partial charge in [-0.3, -0.25) is 0 Å². The third kappa shape index (κ3) is 3.72. The van der Waals surface area contributed by atoms with Crippen LogP contribution < -0.4 is 10.2 Å². The molecule has 0 aliphatic carbocycles. The third-order valence-electron chi connectivity index (χ3n) is 4.44. The van der Waals surface area contributed by atoms with E-state index in [0.717, 1.165) is 31.9 Å². The number of hydrogen-bond donors (Lipinski definition) is 1. The van der Waals surface area contributed by atoms with E-state index in [-0.39, 0.29) is 5.82 Å². The van der Waals surface area contributed by atoms with Crippen molar-refractivity contribution in [2.45, 2.75) is 39.5 Å². The first-order chi connectivity index (χ1) is 9.69. The van der Waals surface area contributed by atoms with Crippen LogP contribution in [0.5, 0.6) is 0 Å². The molecule has 2 rings (SSSR count). The number of rotatable bonds is 6. The van der Waals surface area contributed by atoms with Gasteiger partial charge in [-0.15, -0.1) is 0 Å². The zero-order valence-electron chi connectivity index (χ0n) is 12.8. The largest absolute Gasteiger partial charge is 0.371 e. The van der Waals surface area contributed by atoms with Crippen LogP contribution in [0.2, 0.25) is 0 Å². The average molecular weight is 278 g/mol. The summed E-state index contributed by atoms with van der Waals surface area (Å²) in [5.74, 6) is -0.160. The molecule has 0 saturated carbocycles. The van der Waals surface area contributed by atoms with Crippen molar-refractivity contribution in [3.63, 3.8) is 0 Å². The molecule has 0 spiro atoms. The summed E-state index contributed by atoms with van der Waals surface area (Å²) in [6, 6.07) is 6.91. The maximum atomic E-state index is 13.1. The molecular weight excluding hydrogens is 251 g/mol. The molecule has 0 aromatic heterocycles. The fourth-order valence-electron chi connectivity index (χ4n) is 3.43. The van der Waals surface area contributed by atoms with Crippen LogP contribution in [0, 0.1) is 11.2 Å². The van der Waals surface area contributed by atoms with Gasteiger partial charge in [-0.1, -0.05) is 13.3 Å². The third-order valence-corrected chi connectivity index (χ3v) is 4.44. The van der Waals surface area contributed by atoms with E-state index in [9.17, 15) is 4.39 Å². The normalized spacial score (nSPS) is 22.8. The lowest BCUT2D eigenvalue weighted by Crippen LogP contribution is -2.47. The molecule has 0 amide bonds. The van der Waals surface area contributed by atoms with Crippen LogP contribution >= 0.6 is 0 Å². The zero-order valence-corrected chi connectivity index (χ0v) is 12.8. The number of nitrogens with zero attached hydrogens (tertiary/aromatic N) is 1. The second-order valence-electron chi connectivity index (χ2n) is 6.02. The standard InChI is InChI=1S/C17H27FN2/c1-3-10-17(11-5-12-19-13-17)14-20(4-2)16-8-6-15(18)7-9-16/h6-9,19H,3-5,10-14H2,1-2H3. The summed E-state index contributed by atoms with van der Waals surface area (Å²) in [5, 5.41) is 3.56. The molecule has 20 heavy (non-hydrogen) atoms. The highest BCUT2D eigenvalue weighted by molar-refractivity contribution is 5.46. The monoisotopic (exact) mass is 278 g/mol. The van der Waals surface area contributed by atoms with Gasteiger partial charge >= 0.3 is 0 Å². The molecule has 3 heteroatoms. The van der Waals surface area contributed by atoms with Crippen LogP contribution in [0.15, 0.2) is 24.3 Å². The SMILES string of the molecule is CCCC1(CN(CC)c2ccc(F)cc2)CCCNC1. The highest BCUT2D eigenvalue weighted by Crippen LogP contribution is 2.34. The topological polar surface area (TPSA) is 15.3 Å². The van der Waals surface area contributed by atoms with E-state index in [4.69, 9.17) is 0 Å². The van der Waals surface area contributed by atoms with Crippen LogP contribution in [-0.4, -0.2) is 26.2 Å². The number of nitrogens with one attached hydrogen (secondary N) is 1. The summed E-state index contributed by atoms with van der Waals surface area (Å²) in [6.45, 7) is 8.74. The van der Waals surface area contributed by atoms with E-state index in [1.807, 2.05) is 12.1 Å². The summed E-state index contributed by atoms with van der Waals surface area (Å²) in [5.41, 5.74) is 1.51. The minimum Gasteiger partial charge on any atom is -0.371 e. The Kier molecular flexibility index (Phi) is 5.41. The maximum Gasteiger partial charge on any atom is 0.123 e. The highest BCUT2D eigenvalue weighted by atomic mass is 19.1. The number of hydrogen-bond acceptors (Lipinski definition) is 2. The molecular formula is C17H27FN2. The van der Waals surface area contributed by atoms with Crippen molar-refractivity contribution >= 4 is 5.69 Å². The van der Waals surface area contributed by atoms with E-state index in [1.54, 1.807) is 12.1 Å². The van der Waals surface area contributed by atoms with E-state index >= 15 is 0 Å². The van der Waals surface area contributed by atoms with Crippen molar-refractivity contribution in [1.82, 2.24) is 5.32 Å². The van der Waals surface area contributed by atoms with Gasteiger partial charge < -0.3 is 10.2 Å². The van der Waals surface area contributed by atoms with E-state index in [2.05, 4.69) is 24.1 Å². The first-order valence-electron chi connectivity index (χ1n) is 7.90. The zero-order chi connectivity index (χ0) is 14.4. The Balaban J connectivity index is 2.12. The molecule has 1 aliphatic rings. The van der Waals surface area contributed by atoms with Crippen molar-refractivity contribution in [2.24, 2.45) is 5.41 Å². The number of halogens is 1. The summed E-state index contributed by atoms with van der Waals surface area (Å²) >= 11 is 0. The molecule has 1 aromatic rings. The molecule has 1 aliphatic heterocycles. The van der Waals surface area contributed by atoms with Gasteiger partial charge in [0.25, 0.3) is 0 Å². The van der Waals surface area contributed by atoms with Crippen molar-refractivity contribution in [3.05, 3.63) is 30.1 Å². The van der Waals surface area contributed by atoms with Gasteiger partial charge in [0.1, 0.15) is 5.82 Å². The lowest BCUT2D eigenvalue weighted by Gasteiger charge is -2.42. The Morgan fingerprint density at radius 3 is 2.55 bits per heavy atom. The Bertz CT molecular complexity index is 390. The minimum atomic E-state index is -0.160. The van der Waals surface area contributed by atoms with Crippen molar-refractivity contribution in [3.8, 4) is 0 Å². The van der Waals surface area contributed by atoms with Crippen molar-refractivity contribution < 1.29 is 4.39 Å². The Morgan fingerprint density at radius 2 is 2.00 bits per heavy atom. The van der Waals surface area contributed by atoms with E-state index < -0.39 is 0 Å². The maximum absolute atomic E-state index is 13.1. The number of piperidine rings is 1. The Morgan fingerprint density at radius 1 is 1.25 bits per heavy atom. The lowest BCUT2D eigenvalue weighted by atomic mass is 9.76. The Labute approximate surface area is 122 Å². The molecule has 0 radical (unpaired) electrons. The molecule has 112 valence electrons. The molecule has 2 nitrogen and oxygen atoms in total. The first kappa shape index (κ1) is 15.3. The molecule has 1 fully saturated rings. The van der Waals surface area contributed by atoms with Gasteiger partial charge in [0.2, 0.25) is 0 Å². The predicted molar refractivity (Wildman–Crippen MR) is 83.7 cm³/mol. The molecule has 1 aromatic carbocycles. The molecule has 1 unspecified atom stereocenters. The van der Waals surface area contributed by atoms with E-state index in [0.29, 0.717) is 5.41 Å². The highest BCUT2D eigenvalue weighted by Gasteiger charge is 2.32. The quantitative estimate of drug-likeness (QED) is 0.851. The predicted octanol–water partition coefficient (Wildman–Crippen LogP) is 3.82. The second kappa shape index (κ2) is 7.07. The fraction of sp³-hybridized carbons (Fsp3) is 0.647. The fourth-order valence-corrected chi connectivity index (χ4v) is 3.43. The molecule has 1 atom stereocenters. The van der Waals surface area contributed by atoms with Crippen molar-refractivity contribution in [1.29, 1.82) is 0 Å². The van der Waals surface area contributed by atoms with Gasteiger partial charge in [0.05, 0.1) is 0 Å². The van der Waals surface area contributed by atoms with Crippen LogP contribution in [-0.2, 0) is 0 Å². The van der Waals surface area contributed by atoms with Crippen LogP contribution in [0.25, 0.3) is 0 Å².